The number of carbonyl (C=O) groups is 1. The fourth-order valence-corrected chi connectivity index (χ4v) is 5.60. The monoisotopic (exact) mass is 543 g/mol. The van der Waals surface area contributed by atoms with Crippen LogP contribution in [0.4, 0.5) is 0 Å². The number of aryl methyl sites for hydroxylation is 3. The van der Waals surface area contributed by atoms with Crippen LogP contribution in [0.15, 0.2) is 41.3 Å². The second kappa shape index (κ2) is 13.2. The fourth-order valence-electron chi connectivity index (χ4n) is 5.12. The average Bonchev–Trinajstić information content (AvgIpc) is 3.54. The maximum atomic E-state index is 12.8. The van der Waals surface area contributed by atoms with Gasteiger partial charge in [-0.05, 0) is 86.9 Å². The van der Waals surface area contributed by atoms with Gasteiger partial charge in [0.25, 0.3) is 10.1 Å². The predicted octanol–water partition coefficient (Wildman–Crippen LogP) is 3.53. The zero-order valence-electron chi connectivity index (χ0n) is 22.4. The van der Waals surface area contributed by atoms with E-state index in [-0.39, 0.29) is 22.9 Å². The molecule has 4 rings (SSSR count). The molecule has 2 fully saturated rings. The minimum atomic E-state index is -4.02. The Labute approximate surface area is 225 Å². The molecule has 0 saturated carbocycles. The quantitative estimate of drug-likeness (QED) is 0.401. The molecule has 2 aliphatic rings. The van der Waals surface area contributed by atoms with Gasteiger partial charge >= 0.3 is 0 Å². The number of methoxy groups -OCH3 is 1. The van der Waals surface area contributed by atoms with Crippen LogP contribution < -0.4 is 10.1 Å². The minimum Gasteiger partial charge on any atom is -0.491 e. The maximum Gasteiger partial charge on any atom is 0.294 e. The molecule has 2 N–H and O–H groups in total. The number of benzene rings is 2. The number of amides is 1. The van der Waals surface area contributed by atoms with Crippen molar-refractivity contribution in [3.63, 3.8) is 0 Å². The maximum absolute atomic E-state index is 12.8. The molecule has 2 saturated heterocycles. The number of ether oxygens (including phenoxy) is 2. The van der Waals surface area contributed by atoms with Crippen molar-refractivity contribution in [3.05, 3.63) is 58.7 Å². The summed E-state index contributed by atoms with van der Waals surface area (Å²) in [4.78, 5) is 14.5. The topological polar surface area (TPSA) is 129 Å². The Kier molecular flexibility index (Phi) is 10.3. The van der Waals surface area contributed by atoms with E-state index in [1.165, 1.54) is 28.8 Å². The van der Waals surface area contributed by atoms with Gasteiger partial charge in [0.05, 0.1) is 23.6 Å². The van der Waals surface area contributed by atoms with E-state index in [4.69, 9.17) is 14.0 Å². The number of rotatable bonds is 7. The smallest absolute Gasteiger partial charge is 0.294 e. The highest BCUT2D eigenvalue weighted by atomic mass is 32.2. The van der Waals surface area contributed by atoms with Crippen molar-refractivity contribution >= 4 is 16.0 Å². The highest BCUT2D eigenvalue weighted by Gasteiger charge is 2.38. The molecule has 0 unspecified atom stereocenters. The molecule has 9 nitrogen and oxygen atoms in total. The largest absolute Gasteiger partial charge is 0.491 e. The third kappa shape index (κ3) is 7.54. The van der Waals surface area contributed by atoms with E-state index < -0.39 is 10.1 Å². The molecule has 2 aliphatic heterocycles. The summed E-state index contributed by atoms with van der Waals surface area (Å²) < 4.78 is 40.3. The molecular weight excluding hydrogens is 506 g/mol. The van der Waals surface area contributed by atoms with Crippen molar-refractivity contribution in [2.75, 3.05) is 33.4 Å². The van der Waals surface area contributed by atoms with Gasteiger partial charge in [0, 0.05) is 20.2 Å². The first-order valence-electron chi connectivity index (χ1n) is 12.8. The van der Waals surface area contributed by atoms with Gasteiger partial charge in [0.2, 0.25) is 5.91 Å². The van der Waals surface area contributed by atoms with E-state index >= 15 is 0 Å². The molecule has 0 aliphatic carbocycles. The summed E-state index contributed by atoms with van der Waals surface area (Å²) in [6.45, 7) is 8.63. The van der Waals surface area contributed by atoms with Gasteiger partial charge in [-0.2, -0.15) is 13.7 Å². The first-order chi connectivity index (χ1) is 18.0. The van der Waals surface area contributed by atoms with Crippen molar-refractivity contribution in [2.24, 2.45) is 0 Å². The SMILES string of the molecule is COCCOc1cc(C)c([C@@H]2CN[C@H](C(=O)N3CCC[C@H]3C#N)C2)c(C)c1.Cc1ccc(S(=O)(=O)O)cc1. The molecule has 1 amide bonds. The Morgan fingerprint density at radius 3 is 2.39 bits per heavy atom. The van der Waals surface area contributed by atoms with Crippen molar-refractivity contribution in [3.8, 4) is 11.8 Å². The van der Waals surface area contributed by atoms with E-state index in [1.807, 2.05) is 6.92 Å². The molecule has 2 heterocycles. The number of nitrogens with zero attached hydrogens (tertiary/aromatic N) is 2. The van der Waals surface area contributed by atoms with Gasteiger partial charge in [-0.3, -0.25) is 9.35 Å². The van der Waals surface area contributed by atoms with Gasteiger partial charge in [0.15, 0.2) is 0 Å². The van der Waals surface area contributed by atoms with Crippen LogP contribution in [0, 0.1) is 32.1 Å². The van der Waals surface area contributed by atoms with Gasteiger partial charge in [0.1, 0.15) is 18.4 Å². The van der Waals surface area contributed by atoms with Crippen molar-refractivity contribution < 1.29 is 27.2 Å². The van der Waals surface area contributed by atoms with Crippen LogP contribution >= 0.6 is 0 Å². The summed E-state index contributed by atoms with van der Waals surface area (Å²) in [6.07, 6.45) is 2.49. The van der Waals surface area contributed by atoms with Crippen LogP contribution in [-0.4, -0.2) is 69.3 Å². The zero-order valence-corrected chi connectivity index (χ0v) is 23.3. The molecule has 0 aromatic heterocycles. The van der Waals surface area contributed by atoms with Crippen LogP contribution in [-0.2, 0) is 19.6 Å². The molecule has 0 spiro atoms. The standard InChI is InChI=1S/C21H29N3O3.C7H8O3S/c1-14-9-18(27-8-7-26-3)10-15(2)20(14)16-11-19(23-13-16)21(25)24-6-4-5-17(24)12-22;1-6-2-4-7(5-3-6)11(8,9)10/h9-10,16-17,19,23H,4-8,11,13H2,1-3H3;2-5H,1H3,(H,8,9,10)/t16-,17-,19-;/m0./s1. The Morgan fingerprint density at radius 1 is 1.16 bits per heavy atom. The number of likely N-dealkylation sites (tertiary alicyclic amines) is 1. The number of hydrogen-bond acceptors (Lipinski definition) is 7. The second-order valence-corrected chi connectivity index (χ2v) is 11.2. The minimum absolute atomic E-state index is 0.0666. The van der Waals surface area contributed by atoms with Crippen LogP contribution in [0.1, 0.15) is 47.4 Å². The number of nitrogens with one attached hydrogen (secondary N) is 1. The normalized spacial score (nSPS) is 20.9. The summed E-state index contributed by atoms with van der Waals surface area (Å²) in [7, 11) is -2.36. The lowest BCUT2D eigenvalue weighted by Crippen LogP contribution is -2.45. The Morgan fingerprint density at radius 2 is 1.82 bits per heavy atom. The first-order valence-corrected chi connectivity index (χ1v) is 14.2. The Balaban J connectivity index is 0.000000304. The van der Waals surface area contributed by atoms with Crippen LogP contribution in [0.5, 0.6) is 5.75 Å². The van der Waals surface area contributed by atoms with E-state index in [0.29, 0.717) is 25.7 Å². The molecular formula is C28H37N3O6S. The molecule has 2 aromatic carbocycles. The van der Waals surface area contributed by atoms with Crippen molar-refractivity contribution in [1.82, 2.24) is 10.2 Å². The van der Waals surface area contributed by atoms with Gasteiger partial charge < -0.3 is 19.7 Å². The summed E-state index contributed by atoms with van der Waals surface area (Å²) in [5, 5.41) is 12.6. The summed E-state index contributed by atoms with van der Waals surface area (Å²) >= 11 is 0. The summed E-state index contributed by atoms with van der Waals surface area (Å²) in [5.41, 5.74) is 4.64. The van der Waals surface area contributed by atoms with Gasteiger partial charge in [-0.1, -0.05) is 17.7 Å². The highest BCUT2D eigenvalue weighted by Crippen LogP contribution is 2.34. The third-order valence-corrected chi connectivity index (χ3v) is 7.83. The number of carbonyl (C=O) groups excluding carboxylic acids is 1. The molecule has 10 heteroatoms. The number of hydrogen-bond donors (Lipinski definition) is 2. The summed E-state index contributed by atoms with van der Waals surface area (Å²) in [6, 6.07) is 11.9. The van der Waals surface area contributed by atoms with Crippen LogP contribution in [0.2, 0.25) is 0 Å². The lowest BCUT2D eigenvalue weighted by atomic mass is 9.88. The lowest BCUT2D eigenvalue weighted by Gasteiger charge is -2.23. The van der Waals surface area contributed by atoms with Gasteiger partial charge in [-0.25, -0.2) is 0 Å². The zero-order chi connectivity index (χ0) is 27.9. The fraction of sp³-hybridized carbons (Fsp3) is 0.500. The Hall–Kier alpha value is -2.97. The highest BCUT2D eigenvalue weighted by molar-refractivity contribution is 7.85. The van der Waals surface area contributed by atoms with E-state index in [2.05, 4.69) is 37.4 Å². The molecule has 2 aromatic rings. The van der Waals surface area contributed by atoms with E-state index in [1.54, 1.807) is 24.1 Å². The van der Waals surface area contributed by atoms with Crippen molar-refractivity contribution in [2.45, 2.75) is 62.9 Å². The van der Waals surface area contributed by atoms with Crippen LogP contribution in [0.3, 0.4) is 0 Å². The van der Waals surface area contributed by atoms with Gasteiger partial charge in [-0.15, -0.1) is 0 Å². The molecule has 0 bridgehead atoms. The molecule has 38 heavy (non-hydrogen) atoms. The molecule has 0 radical (unpaired) electrons. The van der Waals surface area contributed by atoms with Crippen molar-refractivity contribution in [1.29, 1.82) is 5.26 Å². The Bertz CT molecular complexity index is 1230. The molecule has 206 valence electrons. The van der Waals surface area contributed by atoms with E-state index in [0.717, 1.165) is 37.1 Å². The molecule has 3 atom stereocenters. The predicted molar refractivity (Wildman–Crippen MR) is 144 cm³/mol. The van der Waals surface area contributed by atoms with E-state index in [9.17, 15) is 18.5 Å². The second-order valence-electron chi connectivity index (χ2n) is 9.81. The summed E-state index contributed by atoms with van der Waals surface area (Å²) in [5.74, 6) is 1.24. The first kappa shape index (κ1) is 29.6. The number of nitriles is 1. The van der Waals surface area contributed by atoms with Crippen LogP contribution in [0.25, 0.3) is 0 Å². The average molecular weight is 544 g/mol. The lowest BCUT2D eigenvalue weighted by molar-refractivity contribution is -0.133. The third-order valence-electron chi connectivity index (χ3n) is 6.96.